The Morgan fingerprint density at radius 1 is 1.33 bits per heavy atom. The molecule has 2 N–H and O–H groups in total. The Labute approximate surface area is 148 Å². The molecule has 2 atom stereocenters. The molecule has 0 radical (unpaired) electrons. The van der Waals surface area contributed by atoms with Crippen LogP contribution in [0.3, 0.4) is 0 Å². The summed E-state index contributed by atoms with van der Waals surface area (Å²) in [6.45, 7) is 3.78. The van der Waals surface area contributed by atoms with E-state index in [0.717, 1.165) is 12.8 Å². The van der Waals surface area contributed by atoms with E-state index in [9.17, 15) is 9.18 Å². The lowest BCUT2D eigenvalue weighted by Crippen LogP contribution is -2.39. The molecule has 2 saturated heterocycles. The Morgan fingerprint density at radius 2 is 2.00 bits per heavy atom. The SMILES string of the molecule is CC(C)Oc1ccc(NC(=O)CC2CC3CCC(C2)N3)c(F)c1.Cl. The van der Waals surface area contributed by atoms with Crippen LogP contribution in [0.15, 0.2) is 18.2 Å². The van der Waals surface area contributed by atoms with Gasteiger partial charge < -0.3 is 15.4 Å². The number of ether oxygens (including phenoxy) is 1. The molecule has 1 aromatic rings. The van der Waals surface area contributed by atoms with E-state index in [-0.39, 0.29) is 30.1 Å². The van der Waals surface area contributed by atoms with Crippen LogP contribution in [-0.4, -0.2) is 24.1 Å². The van der Waals surface area contributed by atoms with E-state index in [1.807, 2.05) is 13.8 Å². The highest BCUT2D eigenvalue weighted by Crippen LogP contribution is 2.33. The second kappa shape index (κ2) is 8.17. The van der Waals surface area contributed by atoms with E-state index in [4.69, 9.17) is 4.74 Å². The summed E-state index contributed by atoms with van der Waals surface area (Å²) in [6, 6.07) is 5.70. The van der Waals surface area contributed by atoms with Crippen molar-refractivity contribution in [3.05, 3.63) is 24.0 Å². The Balaban J connectivity index is 0.00000208. The van der Waals surface area contributed by atoms with Gasteiger partial charge in [0.1, 0.15) is 11.6 Å². The molecule has 1 amide bonds. The lowest BCUT2D eigenvalue weighted by molar-refractivity contribution is -0.117. The summed E-state index contributed by atoms with van der Waals surface area (Å²) >= 11 is 0. The van der Waals surface area contributed by atoms with Gasteiger partial charge in [-0.05, 0) is 57.6 Å². The number of hydrogen-bond acceptors (Lipinski definition) is 3. The van der Waals surface area contributed by atoms with Crippen LogP contribution in [0.4, 0.5) is 10.1 Å². The van der Waals surface area contributed by atoms with Gasteiger partial charge in [0.05, 0.1) is 11.8 Å². The van der Waals surface area contributed by atoms with E-state index in [1.165, 1.54) is 18.9 Å². The molecule has 2 aliphatic heterocycles. The molecule has 2 unspecified atom stereocenters. The maximum absolute atomic E-state index is 14.1. The van der Waals surface area contributed by atoms with Crippen LogP contribution in [0.5, 0.6) is 5.75 Å². The van der Waals surface area contributed by atoms with E-state index in [0.29, 0.717) is 30.2 Å². The number of halogens is 2. The maximum atomic E-state index is 14.1. The zero-order valence-corrected chi connectivity index (χ0v) is 15.0. The van der Waals surface area contributed by atoms with E-state index in [1.54, 1.807) is 12.1 Å². The second-order valence-corrected chi connectivity index (χ2v) is 7.04. The number of fused-ring (bicyclic) bond motifs is 2. The molecule has 24 heavy (non-hydrogen) atoms. The molecule has 134 valence electrons. The molecule has 0 saturated carbocycles. The second-order valence-electron chi connectivity index (χ2n) is 7.04. The van der Waals surface area contributed by atoms with Crippen LogP contribution in [0.2, 0.25) is 0 Å². The number of carbonyl (C=O) groups is 1. The first kappa shape index (κ1) is 19.0. The molecular formula is C18H26ClFN2O2. The fraction of sp³-hybridized carbons (Fsp3) is 0.611. The van der Waals surface area contributed by atoms with Crippen molar-refractivity contribution in [1.82, 2.24) is 5.32 Å². The van der Waals surface area contributed by atoms with E-state index in [2.05, 4.69) is 10.6 Å². The summed E-state index contributed by atoms with van der Waals surface area (Å²) in [6.07, 6.45) is 4.99. The Bertz CT molecular complexity index is 570. The number of anilines is 1. The normalized spacial score (nSPS) is 25.2. The van der Waals surface area contributed by atoms with Crippen LogP contribution < -0.4 is 15.4 Å². The average molecular weight is 357 g/mol. The van der Waals surface area contributed by atoms with Gasteiger partial charge in [0.15, 0.2) is 0 Å². The first-order valence-corrected chi connectivity index (χ1v) is 8.51. The van der Waals surface area contributed by atoms with Gasteiger partial charge in [-0.2, -0.15) is 0 Å². The van der Waals surface area contributed by atoms with Gasteiger partial charge in [0.25, 0.3) is 0 Å². The summed E-state index contributed by atoms with van der Waals surface area (Å²) in [4.78, 5) is 12.2. The summed E-state index contributed by atoms with van der Waals surface area (Å²) < 4.78 is 19.5. The van der Waals surface area contributed by atoms with Crippen molar-refractivity contribution in [1.29, 1.82) is 0 Å². The van der Waals surface area contributed by atoms with Gasteiger partial charge in [-0.3, -0.25) is 4.79 Å². The van der Waals surface area contributed by atoms with Crippen LogP contribution in [0, 0.1) is 11.7 Å². The molecular weight excluding hydrogens is 331 g/mol. The van der Waals surface area contributed by atoms with Gasteiger partial charge in [-0.25, -0.2) is 4.39 Å². The largest absolute Gasteiger partial charge is 0.491 e. The number of hydrogen-bond donors (Lipinski definition) is 2. The molecule has 0 spiro atoms. The summed E-state index contributed by atoms with van der Waals surface area (Å²) in [5, 5.41) is 6.27. The zero-order chi connectivity index (χ0) is 16.4. The van der Waals surface area contributed by atoms with Crippen molar-refractivity contribution >= 4 is 24.0 Å². The third kappa shape index (κ3) is 4.84. The number of amides is 1. The molecule has 2 aliphatic rings. The lowest BCUT2D eigenvalue weighted by atomic mass is 9.89. The molecule has 2 heterocycles. The number of piperidine rings is 1. The van der Waals surface area contributed by atoms with Gasteiger partial charge in [0, 0.05) is 24.6 Å². The fourth-order valence-electron chi connectivity index (χ4n) is 3.75. The van der Waals surface area contributed by atoms with Gasteiger partial charge in [-0.1, -0.05) is 0 Å². The zero-order valence-electron chi connectivity index (χ0n) is 14.2. The minimum absolute atomic E-state index is 0. The minimum atomic E-state index is -0.457. The molecule has 1 aromatic carbocycles. The first-order chi connectivity index (χ1) is 11.0. The Kier molecular flexibility index (Phi) is 6.47. The van der Waals surface area contributed by atoms with E-state index < -0.39 is 5.82 Å². The van der Waals surface area contributed by atoms with Crippen molar-refractivity contribution in [2.24, 2.45) is 5.92 Å². The fourth-order valence-corrected chi connectivity index (χ4v) is 3.75. The Morgan fingerprint density at radius 3 is 2.58 bits per heavy atom. The van der Waals surface area contributed by atoms with Crippen molar-refractivity contribution in [3.8, 4) is 5.75 Å². The third-order valence-electron chi connectivity index (χ3n) is 4.63. The topological polar surface area (TPSA) is 50.4 Å². The van der Waals surface area contributed by atoms with Crippen molar-refractivity contribution < 1.29 is 13.9 Å². The highest BCUT2D eigenvalue weighted by molar-refractivity contribution is 5.91. The number of benzene rings is 1. The van der Waals surface area contributed by atoms with Gasteiger partial charge in [0.2, 0.25) is 5.91 Å². The van der Waals surface area contributed by atoms with Crippen LogP contribution >= 0.6 is 12.4 Å². The standard InChI is InChI=1S/C18H25FN2O2.ClH/c1-11(2)23-15-5-6-17(16(19)10-15)21-18(22)9-12-7-13-3-4-14(8-12)20-13;/h5-6,10-14,20H,3-4,7-9H2,1-2H3,(H,21,22);1H. The molecule has 0 aliphatic carbocycles. The predicted octanol–water partition coefficient (Wildman–Crippen LogP) is 3.89. The quantitative estimate of drug-likeness (QED) is 0.841. The number of carbonyl (C=O) groups excluding carboxylic acids is 1. The molecule has 2 fully saturated rings. The van der Waals surface area contributed by atoms with Crippen LogP contribution in [0.25, 0.3) is 0 Å². The smallest absolute Gasteiger partial charge is 0.224 e. The summed E-state index contributed by atoms with van der Waals surface area (Å²) in [7, 11) is 0. The average Bonchev–Trinajstić information content (AvgIpc) is 2.80. The van der Waals surface area contributed by atoms with Crippen molar-refractivity contribution in [2.75, 3.05) is 5.32 Å². The minimum Gasteiger partial charge on any atom is -0.491 e. The highest BCUT2D eigenvalue weighted by Gasteiger charge is 2.34. The predicted molar refractivity (Wildman–Crippen MR) is 95.3 cm³/mol. The van der Waals surface area contributed by atoms with Crippen molar-refractivity contribution in [3.63, 3.8) is 0 Å². The van der Waals surface area contributed by atoms with E-state index >= 15 is 0 Å². The molecule has 0 aromatic heterocycles. The lowest BCUT2D eigenvalue weighted by Gasteiger charge is -2.28. The van der Waals surface area contributed by atoms with Gasteiger partial charge >= 0.3 is 0 Å². The highest BCUT2D eigenvalue weighted by atomic mass is 35.5. The van der Waals surface area contributed by atoms with Gasteiger partial charge in [-0.15, -0.1) is 12.4 Å². The van der Waals surface area contributed by atoms with Crippen LogP contribution in [0.1, 0.15) is 46.0 Å². The summed E-state index contributed by atoms with van der Waals surface area (Å²) in [5.41, 5.74) is 0.225. The molecule has 4 nitrogen and oxygen atoms in total. The molecule has 2 bridgehead atoms. The first-order valence-electron chi connectivity index (χ1n) is 8.51. The summed E-state index contributed by atoms with van der Waals surface area (Å²) in [5.74, 6) is 0.320. The third-order valence-corrected chi connectivity index (χ3v) is 4.63. The molecule has 6 heteroatoms. The molecule has 3 rings (SSSR count). The number of rotatable bonds is 5. The monoisotopic (exact) mass is 356 g/mol. The Hall–Kier alpha value is -1.33. The maximum Gasteiger partial charge on any atom is 0.224 e. The van der Waals surface area contributed by atoms with Crippen LogP contribution in [-0.2, 0) is 4.79 Å². The van der Waals surface area contributed by atoms with Crippen molar-refractivity contribution in [2.45, 2.75) is 64.1 Å². The number of nitrogens with one attached hydrogen (secondary N) is 2.